The van der Waals surface area contributed by atoms with E-state index in [-0.39, 0.29) is 35.3 Å². The number of anilines is 5. The molecule has 0 atom stereocenters. The first kappa shape index (κ1) is 24.8. The summed E-state index contributed by atoms with van der Waals surface area (Å²) in [5.41, 5.74) is 4.80. The van der Waals surface area contributed by atoms with Gasteiger partial charge in [0.25, 0.3) is 0 Å². The lowest BCUT2D eigenvalue weighted by Gasteiger charge is -2.28. The molecule has 0 radical (unpaired) electrons. The molecule has 180 valence electrons. The summed E-state index contributed by atoms with van der Waals surface area (Å²) >= 11 is 6.20. The van der Waals surface area contributed by atoms with E-state index in [1.807, 2.05) is 28.8 Å². The Kier molecular flexibility index (Phi) is 7.51. The van der Waals surface area contributed by atoms with Crippen LogP contribution in [-0.2, 0) is 0 Å². The van der Waals surface area contributed by atoms with Crippen LogP contribution in [0, 0.1) is 0 Å². The SMILES string of the molecule is CC(C)N(CCO)c1nc(Nc2ccc(C(=O)O)c(Cl)c2)c2c(n1)N(C(C)C)NN2C(C)C. The number of rotatable bonds is 9. The lowest BCUT2D eigenvalue weighted by Crippen LogP contribution is -2.50. The first-order chi connectivity index (χ1) is 15.5. The van der Waals surface area contributed by atoms with Crippen LogP contribution in [0.5, 0.6) is 0 Å². The summed E-state index contributed by atoms with van der Waals surface area (Å²) in [5.74, 6) is 0.646. The highest BCUT2D eigenvalue weighted by molar-refractivity contribution is 6.33. The third kappa shape index (κ3) is 5.07. The lowest BCUT2D eigenvalue weighted by molar-refractivity contribution is 0.0697. The molecule has 0 aliphatic carbocycles. The third-order valence-electron chi connectivity index (χ3n) is 5.25. The van der Waals surface area contributed by atoms with Gasteiger partial charge in [-0.05, 0) is 59.7 Å². The molecule has 0 bridgehead atoms. The zero-order chi connectivity index (χ0) is 24.4. The van der Waals surface area contributed by atoms with Gasteiger partial charge >= 0.3 is 5.97 Å². The number of carboxylic acids is 1. The quantitative estimate of drug-likeness (QED) is 0.426. The summed E-state index contributed by atoms with van der Waals surface area (Å²) in [4.78, 5) is 23.0. The van der Waals surface area contributed by atoms with Gasteiger partial charge in [-0.2, -0.15) is 9.97 Å². The summed E-state index contributed by atoms with van der Waals surface area (Å²) in [6, 6.07) is 4.95. The van der Waals surface area contributed by atoms with Crippen LogP contribution in [0.4, 0.5) is 29.0 Å². The minimum absolute atomic E-state index is 0.0289. The molecule has 10 nitrogen and oxygen atoms in total. The van der Waals surface area contributed by atoms with Crippen molar-refractivity contribution in [3.8, 4) is 0 Å². The van der Waals surface area contributed by atoms with E-state index in [0.29, 0.717) is 29.8 Å². The van der Waals surface area contributed by atoms with Crippen molar-refractivity contribution in [2.75, 3.05) is 33.4 Å². The number of halogens is 1. The van der Waals surface area contributed by atoms with E-state index < -0.39 is 5.97 Å². The molecule has 4 N–H and O–H groups in total. The van der Waals surface area contributed by atoms with E-state index in [2.05, 4.69) is 38.5 Å². The number of nitrogens with one attached hydrogen (secondary N) is 2. The highest BCUT2D eigenvalue weighted by atomic mass is 35.5. The highest BCUT2D eigenvalue weighted by Crippen LogP contribution is 2.42. The fourth-order valence-electron chi connectivity index (χ4n) is 3.58. The van der Waals surface area contributed by atoms with Crippen molar-refractivity contribution in [2.24, 2.45) is 0 Å². The maximum absolute atomic E-state index is 11.3. The summed E-state index contributed by atoms with van der Waals surface area (Å²) in [6.07, 6.45) is 0. The van der Waals surface area contributed by atoms with E-state index in [1.165, 1.54) is 6.07 Å². The Hall–Kier alpha value is -2.82. The zero-order valence-corrected chi connectivity index (χ0v) is 20.6. The normalized spacial score (nSPS) is 13.3. The molecule has 0 spiro atoms. The molecule has 3 rings (SSSR count). The molecule has 33 heavy (non-hydrogen) atoms. The fourth-order valence-corrected chi connectivity index (χ4v) is 3.85. The maximum atomic E-state index is 11.3. The van der Waals surface area contributed by atoms with Crippen LogP contribution in [-0.4, -0.2) is 57.4 Å². The van der Waals surface area contributed by atoms with Crippen LogP contribution in [0.2, 0.25) is 5.02 Å². The average Bonchev–Trinajstić information content (AvgIpc) is 3.12. The molecule has 0 unspecified atom stereocenters. The minimum Gasteiger partial charge on any atom is -0.478 e. The molecule has 1 aliphatic heterocycles. The predicted octanol–water partition coefficient (Wildman–Crippen LogP) is 3.64. The topological polar surface area (TPSA) is 117 Å². The Balaban J connectivity index is 2.17. The van der Waals surface area contributed by atoms with Crippen molar-refractivity contribution >= 4 is 46.5 Å². The van der Waals surface area contributed by atoms with Crippen molar-refractivity contribution in [2.45, 2.75) is 59.7 Å². The Labute approximate surface area is 199 Å². The molecule has 2 heterocycles. The molecule has 1 aromatic carbocycles. The van der Waals surface area contributed by atoms with E-state index >= 15 is 0 Å². The van der Waals surface area contributed by atoms with Crippen molar-refractivity contribution in [1.82, 2.24) is 15.5 Å². The van der Waals surface area contributed by atoms with E-state index in [1.54, 1.807) is 12.1 Å². The van der Waals surface area contributed by atoms with Gasteiger partial charge in [0.05, 0.1) is 17.2 Å². The van der Waals surface area contributed by atoms with Crippen LogP contribution in [0.25, 0.3) is 0 Å². The molecule has 0 amide bonds. The minimum atomic E-state index is -1.09. The number of hydrogen-bond acceptors (Lipinski definition) is 9. The number of benzene rings is 1. The van der Waals surface area contributed by atoms with Crippen molar-refractivity contribution in [1.29, 1.82) is 0 Å². The van der Waals surface area contributed by atoms with Crippen LogP contribution < -0.4 is 25.8 Å². The molecule has 11 heteroatoms. The Bertz CT molecular complexity index is 1020. The number of hydrogen-bond donors (Lipinski definition) is 4. The number of aromatic carboxylic acids is 1. The number of aromatic nitrogens is 2. The van der Waals surface area contributed by atoms with Crippen LogP contribution in [0.3, 0.4) is 0 Å². The van der Waals surface area contributed by atoms with Crippen LogP contribution in [0.15, 0.2) is 18.2 Å². The monoisotopic (exact) mass is 477 g/mol. The summed E-state index contributed by atoms with van der Waals surface area (Å²) in [7, 11) is 0. The second-order valence-corrected chi connectivity index (χ2v) is 9.11. The summed E-state index contributed by atoms with van der Waals surface area (Å²) in [5, 5.41) is 26.3. The first-order valence-corrected chi connectivity index (χ1v) is 11.4. The van der Waals surface area contributed by atoms with Crippen molar-refractivity contribution in [3.63, 3.8) is 0 Å². The van der Waals surface area contributed by atoms with Gasteiger partial charge in [0, 0.05) is 30.4 Å². The van der Waals surface area contributed by atoms with E-state index in [9.17, 15) is 15.0 Å². The zero-order valence-electron chi connectivity index (χ0n) is 19.8. The highest BCUT2D eigenvalue weighted by Gasteiger charge is 2.35. The van der Waals surface area contributed by atoms with Crippen molar-refractivity contribution < 1.29 is 15.0 Å². The smallest absolute Gasteiger partial charge is 0.337 e. The van der Waals surface area contributed by atoms with Gasteiger partial charge in [-0.15, -0.1) is 5.53 Å². The fraction of sp³-hybridized carbons (Fsp3) is 0.500. The van der Waals surface area contributed by atoms with Gasteiger partial charge in [-0.1, -0.05) is 11.6 Å². The average molecular weight is 478 g/mol. The van der Waals surface area contributed by atoms with Gasteiger partial charge in [0.2, 0.25) is 5.95 Å². The lowest BCUT2D eigenvalue weighted by atomic mass is 10.2. The van der Waals surface area contributed by atoms with Gasteiger partial charge in [0.1, 0.15) is 5.69 Å². The van der Waals surface area contributed by atoms with Crippen LogP contribution in [0.1, 0.15) is 51.9 Å². The number of fused-ring (bicyclic) bond motifs is 1. The first-order valence-electron chi connectivity index (χ1n) is 11.0. The number of nitrogens with zero attached hydrogens (tertiary/aromatic N) is 5. The number of hydrazine groups is 2. The number of carbonyl (C=O) groups is 1. The second-order valence-electron chi connectivity index (χ2n) is 8.71. The Morgan fingerprint density at radius 2 is 1.82 bits per heavy atom. The molecule has 1 aliphatic rings. The molecule has 0 saturated heterocycles. The molecular weight excluding hydrogens is 446 g/mol. The Morgan fingerprint density at radius 3 is 2.33 bits per heavy atom. The van der Waals surface area contributed by atoms with Gasteiger partial charge in [-0.25, -0.2) is 4.79 Å². The van der Waals surface area contributed by atoms with Crippen molar-refractivity contribution in [3.05, 3.63) is 28.8 Å². The van der Waals surface area contributed by atoms with Crippen LogP contribution >= 0.6 is 11.6 Å². The molecule has 0 fully saturated rings. The molecular formula is C22H32ClN7O3. The van der Waals surface area contributed by atoms with Gasteiger partial charge < -0.3 is 20.4 Å². The Morgan fingerprint density at radius 1 is 1.15 bits per heavy atom. The summed E-state index contributed by atoms with van der Waals surface area (Å²) < 4.78 is 0. The number of carboxylic acid groups (broad SMARTS) is 1. The standard InChI is InChI=1S/C22H32ClN7O3/c1-12(2)28(9-10-31)22-25-19(24-15-7-8-16(21(32)33)17(23)11-15)18-20(26-22)30(14(5)6)27-29(18)13(3)4/h7-8,11-14,27,31H,9-10H2,1-6H3,(H,32,33)(H,24,25,26). The number of aliphatic hydroxyl groups is 1. The van der Waals surface area contributed by atoms with Gasteiger partial charge in [-0.3, -0.25) is 10.0 Å². The van der Waals surface area contributed by atoms with E-state index in [0.717, 1.165) is 5.69 Å². The number of aliphatic hydroxyl groups excluding tert-OH is 1. The maximum Gasteiger partial charge on any atom is 0.337 e. The largest absolute Gasteiger partial charge is 0.478 e. The molecule has 2 aromatic rings. The predicted molar refractivity (Wildman–Crippen MR) is 132 cm³/mol. The third-order valence-corrected chi connectivity index (χ3v) is 5.57. The second kappa shape index (κ2) is 9.98. The molecule has 1 aromatic heterocycles. The molecule has 0 saturated carbocycles. The summed E-state index contributed by atoms with van der Waals surface area (Å²) in [6.45, 7) is 12.6. The van der Waals surface area contributed by atoms with Gasteiger partial charge in [0.15, 0.2) is 11.6 Å². The van der Waals surface area contributed by atoms with E-state index in [4.69, 9.17) is 21.6 Å².